The van der Waals surface area contributed by atoms with Gasteiger partial charge in [-0.2, -0.15) is 0 Å². The number of benzene rings is 2. The number of nitrogens with one attached hydrogen (secondary N) is 1. The van der Waals surface area contributed by atoms with E-state index in [1.165, 1.54) is 11.8 Å². The molecule has 2 heterocycles. The van der Waals surface area contributed by atoms with Crippen LogP contribution in [0.1, 0.15) is 5.76 Å². The standard InChI is InChI=1S/C18H11BrN2O2S/c19-16-8-7-14(23-16)10-15-17(22)21-18(24-15)20-13-6-5-11-3-1-2-4-12(11)9-13/h1-10H,(H,20,21,22)/b15-10+. The van der Waals surface area contributed by atoms with E-state index in [4.69, 9.17) is 4.42 Å². The molecule has 0 atom stereocenters. The van der Waals surface area contributed by atoms with Crippen LogP contribution in [-0.4, -0.2) is 11.1 Å². The number of hydrogen-bond donors (Lipinski definition) is 1. The van der Waals surface area contributed by atoms with Crippen molar-refractivity contribution < 1.29 is 9.21 Å². The lowest BCUT2D eigenvalue weighted by Crippen LogP contribution is -2.19. The minimum atomic E-state index is -0.174. The number of thioether (sulfide) groups is 1. The van der Waals surface area contributed by atoms with E-state index >= 15 is 0 Å². The Morgan fingerprint density at radius 2 is 1.92 bits per heavy atom. The van der Waals surface area contributed by atoms with E-state index in [0.29, 0.717) is 20.5 Å². The number of furan rings is 1. The lowest BCUT2D eigenvalue weighted by atomic mass is 10.1. The summed E-state index contributed by atoms with van der Waals surface area (Å²) in [5.74, 6) is 0.443. The molecule has 3 aromatic rings. The van der Waals surface area contributed by atoms with Crippen LogP contribution in [0.5, 0.6) is 0 Å². The second-order valence-electron chi connectivity index (χ2n) is 5.16. The molecule has 1 saturated heterocycles. The molecule has 0 spiro atoms. The van der Waals surface area contributed by atoms with Gasteiger partial charge in [-0.15, -0.1) is 0 Å². The lowest BCUT2D eigenvalue weighted by Gasteiger charge is -2.00. The fourth-order valence-corrected chi connectivity index (χ4v) is 3.52. The maximum Gasteiger partial charge on any atom is 0.264 e. The van der Waals surface area contributed by atoms with Gasteiger partial charge in [-0.05, 0) is 62.7 Å². The molecule has 118 valence electrons. The zero-order valence-corrected chi connectivity index (χ0v) is 14.7. The number of carbonyl (C=O) groups excluding carboxylic acids is 1. The van der Waals surface area contributed by atoms with Crippen LogP contribution < -0.4 is 5.32 Å². The third-order valence-corrected chi connectivity index (χ3v) is 4.82. The van der Waals surface area contributed by atoms with Crippen molar-refractivity contribution in [1.82, 2.24) is 5.32 Å². The number of fused-ring (bicyclic) bond motifs is 1. The molecule has 1 aliphatic heterocycles. The molecule has 0 radical (unpaired) electrons. The van der Waals surface area contributed by atoms with Crippen molar-refractivity contribution in [3.8, 4) is 0 Å². The van der Waals surface area contributed by atoms with Crippen LogP contribution in [0.3, 0.4) is 0 Å². The number of rotatable bonds is 2. The first-order valence-corrected chi connectivity index (χ1v) is 8.82. The molecular weight excluding hydrogens is 388 g/mol. The molecule has 4 nitrogen and oxygen atoms in total. The Morgan fingerprint density at radius 3 is 2.71 bits per heavy atom. The van der Waals surface area contributed by atoms with Crippen molar-refractivity contribution >= 4 is 61.3 Å². The fourth-order valence-electron chi connectivity index (χ4n) is 2.38. The fraction of sp³-hybridized carbons (Fsp3) is 0. The Labute approximate surface area is 150 Å². The molecule has 24 heavy (non-hydrogen) atoms. The van der Waals surface area contributed by atoms with Gasteiger partial charge in [0.25, 0.3) is 5.91 Å². The first kappa shape index (κ1) is 15.2. The van der Waals surface area contributed by atoms with Crippen molar-refractivity contribution in [2.24, 2.45) is 4.99 Å². The van der Waals surface area contributed by atoms with Gasteiger partial charge < -0.3 is 9.73 Å². The molecular formula is C18H11BrN2O2S. The molecule has 1 amide bonds. The number of hydrogen-bond acceptors (Lipinski definition) is 4. The van der Waals surface area contributed by atoms with Crippen LogP contribution in [0.15, 0.2) is 73.6 Å². The Bertz CT molecular complexity index is 1010. The van der Waals surface area contributed by atoms with Gasteiger partial charge in [0, 0.05) is 6.08 Å². The average molecular weight is 399 g/mol. The molecule has 0 saturated carbocycles. The van der Waals surface area contributed by atoms with Crippen molar-refractivity contribution in [2.45, 2.75) is 0 Å². The molecule has 1 fully saturated rings. The van der Waals surface area contributed by atoms with Crippen molar-refractivity contribution in [3.05, 3.63) is 69.9 Å². The lowest BCUT2D eigenvalue weighted by molar-refractivity contribution is -0.115. The third kappa shape index (κ3) is 3.16. The van der Waals surface area contributed by atoms with E-state index in [1.807, 2.05) is 36.4 Å². The van der Waals surface area contributed by atoms with E-state index in [2.05, 4.69) is 32.3 Å². The molecule has 1 aliphatic rings. The van der Waals surface area contributed by atoms with Gasteiger partial charge in [0.1, 0.15) is 5.76 Å². The highest BCUT2D eigenvalue weighted by Crippen LogP contribution is 2.29. The number of carbonyl (C=O) groups is 1. The van der Waals surface area contributed by atoms with E-state index in [1.54, 1.807) is 18.2 Å². The Kier molecular flexibility index (Phi) is 4.00. The zero-order chi connectivity index (χ0) is 16.5. The van der Waals surface area contributed by atoms with Crippen LogP contribution >= 0.6 is 27.7 Å². The van der Waals surface area contributed by atoms with Crippen LogP contribution in [0, 0.1) is 0 Å². The molecule has 2 aromatic carbocycles. The van der Waals surface area contributed by atoms with E-state index in [-0.39, 0.29) is 5.91 Å². The van der Waals surface area contributed by atoms with Gasteiger partial charge in [0.2, 0.25) is 0 Å². The van der Waals surface area contributed by atoms with Crippen LogP contribution in [0.4, 0.5) is 5.69 Å². The Morgan fingerprint density at radius 1 is 1.08 bits per heavy atom. The SMILES string of the molecule is O=C1NC(=Nc2ccc3ccccc3c2)S/C1=C/c1ccc(Br)o1. The van der Waals surface area contributed by atoms with Gasteiger partial charge in [-0.1, -0.05) is 30.3 Å². The summed E-state index contributed by atoms with van der Waals surface area (Å²) in [5.41, 5.74) is 0.804. The highest BCUT2D eigenvalue weighted by molar-refractivity contribution is 9.10. The summed E-state index contributed by atoms with van der Waals surface area (Å²) in [6, 6.07) is 17.6. The monoisotopic (exact) mass is 398 g/mol. The van der Waals surface area contributed by atoms with E-state index < -0.39 is 0 Å². The Hall–Kier alpha value is -2.31. The smallest absolute Gasteiger partial charge is 0.264 e. The van der Waals surface area contributed by atoms with Gasteiger partial charge in [-0.25, -0.2) is 4.99 Å². The summed E-state index contributed by atoms with van der Waals surface area (Å²) in [6.07, 6.45) is 1.70. The normalized spacial score (nSPS) is 17.8. The highest BCUT2D eigenvalue weighted by Gasteiger charge is 2.24. The molecule has 0 bridgehead atoms. The Balaban J connectivity index is 1.61. The molecule has 4 rings (SSSR count). The van der Waals surface area contributed by atoms with Crippen LogP contribution in [0.25, 0.3) is 16.8 Å². The number of halogens is 1. The molecule has 0 aliphatic carbocycles. The maximum absolute atomic E-state index is 12.1. The van der Waals surface area contributed by atoms with Crippen molar-refractivity contribution in [3.63, 3.8) is 0 Å². The van der Waals surface area contributed by atoms with E-state index in [0.717, 1.165) is 16.5 Å². The maximum atomic E-state index is 12.1. The molecule has 1 N–H and O–H groups in total. The van der Waals surface area contributed by atoms with Crippen molar-refractivity contribution in [2.75, 3.05) is 0 Å². The summed E-state index contributed by atoms with van der Waals surface area (Å²) < 4.78 is 6.03. The van der Waals surface area contributed by atoms with Gasteiger partial charge in [-0.3, -0.25) is 4.79 Å². The number of nitrogens with zero attached hydrogens (tertiary/aromatic N) is 1. The predicted octanol–water partition coefficient (Wildman–Crippen LogP) is 5.09. The number of aliphatic imine (C=N–C) groups is 1. The quantitative estimate of drug-likeness (QED) is 0.611. The molecule has 0 unspecified atom stereocenters. The second kappa shape index (κ2) is 6.30. The summed E-state index contributed by atoms with van der Waals surface area (Å²) in [4.78, 5) is 17.1. The molecule has 6 heteroatoms. The van der Waals surface area contributed by atoms with Crippen LogP contribution in [0.2, 0.25) is 0 Å². The third-order valence-electron chi connectivity index (χ3n) is 3.48. The minimum absolute atomic E-state index is 0.174. The number of amidine groups is 1. The van der Waals surface area contributed by atoms with Gasteiger partial charge in [0.15, 0.2) is 9.84 Å². The van der Waals surface area contributed by atoms with Crippen molar-refractivity contribution in [1.29, 1.82) is 0 Å². The summed E-state index contributed by atoms with van der Waals surface area (Å²) in [7, 11) is 0. The van der Waals surface area contributed by atoms with E-state index in [9.17, 15) is 4.79 Å². The van der Waals surface area contributed by atoms with Gasteiger partial charge >= 0.3 is 0 Å². The summed E-state index contributed by atoms with van der Waals surface area (Å²) in [5, 5.41) is 5.62. The first-order valence-electron chi connectivity index (χ1n) is 7.21. The zero-order valence-electron chi connectivity index (χ0n) is 12.3. The second-order valence-corrected chi connectivity index (χ2v) is 6.97. The highest BCUT2D eigenvalue weighted by atomic mass is 79.9. The number of amides is 1. The van der Waals surface area contributed by atoms with Gasteiger partial charge in [0.05, 0.1) is 10.6 Å². The predicted molar refractivity (Wildman–Crippen MR) is 101 cm³/mol. The summed E-state index contributed by atoms with van der Waals surface area (Å²) in [6.45, 7) is 0. The topological polar surface area (TPSA) is 54.6 Å². The largest absolute Gasteiger partial charge is 0.450 e. The minimum Gasteiger partial charge on any atom is -0.450 e. The first-order chi connectivity index (χ1) is 11.7. The average Bonchev–Trinajstić information content (AvgIpc) is 3.13. The molecule has 1 aromatic heterocycles. The van der Waals surface area contributed by atoms with Crippen LogP contribution in [-0.2, 0) is 4.79 Å². The summed E-state index contributed by atoms with van der Waals surface area (Å²) >= 11 is 4.54.